The number of halogens is 1. The number of carbonyl (C=O) groups is 1. The Kier molecular flexibility index (Phi) is 6.30. The number of amides is 1. The number of fused-ring (bicyclic) bond motifs is 1. The second kappa shape index (κ2) is 7.78. The third-order valence-electron chi connectivity index (χ3n) is 3.77. The fourth-order valence-electron chi connectivity index (χ4n) is 2.36. The Labute approximate surface area is 164 Å². The first-order valence-electron chi connectivity index (χ1n) is 8.81. The molecule has 0 aliphatic rings. The number of nitrogens with zero attached hydrogens (tertiary/aromatic N) is 3. The van der Waals surface area contributed by atoms with Crippen molar-refractivity contribution >= 4 is 41.1 Å². The van der Waals surface area contributed by atoms with Gasteiger partial charge in [-0.1, -0.05) is 19.6 Å². The first-order chi connectivity index (χ1) is 11.9. The van der Waals surface area contributed by atoms with E-state index in [9.17, 15) is 4.79 Å². The van der Waals surface area contributed by atoms with Crippen molar-refractivity contribution in [2.45, 2.75) is 65.6 Å². The van der Waals surface area contributed by atoms with E-state index in [0.29, 0.717) is 34.7 Å². The topological polar surface area (TPSA) is 69.0 Å². The van der Waals surface area contributed by atoms with Crippen LogP contribution in [0.15, 0.2) is 10.8 Å². The minimum atomic E-state index is -1.14. The van der Waals surface area contributed by atoms with Crippen molar-refractivity contribution in [3.63, 3.8) is 0 Å². The summed E-state index contributed by atoms with van der Waals surface area (Å²) in [5.74, 6) is -0.159. The van der Waals surface area contributed by atoms with Gasteiger partial charge in [0.15, 0.2) is 5.65 Å². The Morgan fingerprint density at radius 3 is 2.54 bits per heavy atom. The lowest BCUT2D eigenvalue weighted by Gasteiger charge is -2.20. The summed E-state index contributed by atoms with van der Waals surface area (Å²) in [6.45, 7) is 15.8. The monoisotopic (exact) mass is 440 g/mol. The highest BCUT2D eigenvalue weighted by atomic mass is 79.9. The van der Waals surface area contributed by atoms with Gasteiger partial charge >= 0.3 is 0 Å². The Hall–Kier alpha value is -1.25. The van der Waals surface area contributed by atoms with Crippen LogP contribution < -0.4 is 5.32 Å². The molecule has 6 nitrogen and oxygen atoms in total. The van der Waals surface area contributed by atoms with E-state index in [-0.39, 0.29) is 11.4 Å². The van der Waals surface area contributed by atoms with Crippen molar-refractivity contribution in [3.8, 4) is 0 Å². The fraction of sp³-hybridized carbons (Fsp3) is 0.611. The first-order valence-corrected chi connectivity index (χ1v) is 13.3. The second-order valence-corrected chi connectivity index (χ2v) is 15.2. The van der Waals surface area contributed by atoms with E-state index in [1.807, 2.05) is 32.3 Å². The predicted molar refractivity (Wildman–Crippen MR) is 111 cm³/mol. The van der Waals surface area contributed by atoms with Crippen LogP contribution >= 0.6 is 15.9 Å². The van der Waals surface area contributed by atoms with Gasteiger partial charge in [-0.2, -0.15) is 0 Å². The van der Waals surface area contributed by atoms with Gasteiger partial charge in [-0.3, -0.25) is 4.79 Å². The van der Waals surface area contributed by atoms with E-state index in [2.05, 4.69) is 50.9 Å². The predicted octanol–water partition coefficient (Wildman–Crippen LogP) is 4.34. The van der Waals surface area contributed by atoms with Crippen LogP contribution in [0.4, 0.5) is 0 Å². The zero-order valence-electron chi connectivity index (χ0n) is 16.7. The number of ether oxygens (including phenoxy) is 1. The van der Waals surface area contributed by atoms with E-state index >= 15 is 0 Å². The molecule has 0 atom stereocenters. The van der Waals surface area contributed by atoms with Crippen LogP contribution in [0.1, 0.15) is 36.8 Å². The van der Waals surface area contributed by atoms with Crippen LogP contribution in [0.2, 0.25) is 25.7 Å². The number of hydrogen-bond acceptors (Lipinski definition) is 4. The SMILES string of the molecule is Cc1nc2c(nc1Br)c(C(=O)NC(C)(C)C)cn2COCC[Si](C)(C)C. The van der Waals surface area contributed by atoms with Crippen LogP contribution in [0, 0.1) is 6.92 Å². The maximum Gasteiger partial charge on any atom is 0.255 e. The lowest BCUT2D eigenvalue weighted by Crippen LogP contribution is -2.40. The number of aryl methyl sites for hydroxylation is 1. The minimum absolute atomic E-state index is 0.159. The molecule has 8 heteroatoms. The first kappa shape index (κ1) is 21.1. The molecule has 1 N–H and O–H groups in total. The van der Waals surface area contributed by atoms with E-state index in [1.165, 1.54) is 0 Å². The average Bonchev–Trinajstić information content (AvgIpc) is 2.79. The summed E-state index contributed by atoms with van der Waals surface area (Å²) in [7, 11) is -1.14. The molecule has 0 saturated heterocycles. The summed E-state index contributed by atoms with van der Waals surface area (Å²) in [5.41, 5.74) is 2.21. The van der Waals surface area contributed by atoms with Gasteiger partial charge in [0.2, 0.25) is 0 Å². The average molecular weight is 441 g/mol. The van der Waals surface area contributed by atoms with E-state index in [0.717, 1.165) is 11.7 Å². The molecule has 144 valence electrons. The molecular weight excluding hydrogens is 412 g/mol. The highest BCUT2D eigenvalue weighted by Gasteiger charge is 2.22. The molecule has 1 amide bonds. The lowest BCUT2D eigenvalue weighted by molar-refractivity contribution is 0.0886. The highest BCUT2D eigenvalue weighted by molar-refractivity contribution is 9.10. The number of aromatic nitrogens is 3. The van der Waals surface area contributed by atoms with Crippen molar-refractivity contribution in [2.24, 2.45) is 0 Å². The van der Waals surface area contributed by atoms with Crippen molar-refractivity contribution in [2.75, 3.05) is 6.61 Å². The molecule has 0 spiro atoms. The number of nitrogens with one attached hydrogen (secondary N) is 1. The Morgan fingerprint density at radius 2 is 1.96 bits per heavy atom. The molecule has 0 aliphatic carbocycles. The van der Waals surface area contributed by atoms with E-state index < -0.39 is 8.07 Å². The molecule has 0 aliphatic heterocycles. The van der Waals surface area contributed by atoms with Crippen LogP contribution in [-0.4, -0.2) is 40.7 Å². The number of hydrogen-bond donors (Lipinski definition) is 1. The normalized spacial score (nSPS) is 12.6. The smallest absolute Gasteiger partial charge is 0.255 e. The Bertz CT molecular complexity index is 806. The molecule has 2 rings (SSSR count). The number of rotatable bonds is 6. The molecule has 26 heavy (non-hydrogen) atoms. The summed E-state index contributed by atoms with van der Waals surface area (Å²) in [6, 6.07) is 1.10. The van der Waals surface area contributed by atoms with Crippen LogP contribution in [0.5, 0.6) is 0 Å². The fourth-order valence-corrected chi connectivity index (χ4v) is 3.38. The standard InChI is InChI=1S/C18H29BrN4O2Si/c1-12-15(19)21-14-13(17(24)22-18(2,3)4)10-23(16(14)20-12)11-25-8-9-26(5,6)7/h10H,8-9,11H2,1-7H3,(H,22,24). The van der Waals surface area contributed by atoms with Gasteiger partial charge < -0.3 is 14.6 Å². The van der Waals surface area contributed by atoms with Crippen molar-refractivity contribution in [3.05, 3.63) is 22.1 Å². The summed E-state index contributed by atoms with van der Waals surface area (Å²) in [6.07, 6.45) is 1.78. The maximum atomic E-state index is 12.7. The van der Waals surface area contributed by atoms with Gasteiger partial charge in [-0.05, 0) is 49.7 Å². The van der Waals surface area contributed by atoms with Crippen molar-refractivity contribution in [1.82, 2.24) is 19.9 Å². The zero-order chi connectivity index (χ0) is 19.7. The molecule has 0 unspecified atom stereocenters. The molecule has 0 aromatic carbocycles. The van der Waals surface area contributed by atoms with Gasteiger partial charge in [0.1, 0.15) is 16.9 Å². The van der Waals surface area contributed by atoms with Crippen LogP contribution in [0.3, 0.4) is 0 Å². The summed E-state index contributed by atoms with van der Waals surface area (Å²) >= 11 is 3.41. The number of carbonyl (C=O) groups excluding carboxylic acids is 1. The van der Waals surface area contributed by atoms with Gasteiger partial charge in [-0.25, -0.2) is 9.97 Å². The Balaban J connectivity index is 2.32. The largest absolute Gasteiger partial charge is 0.361 e. The summed E-state index contributed by atoms with van der Waals surface area (Å²) < 4.78 is 8.36. The second-order valence-electron chi connectivity index (χ2n) is 8.84. The molecule has 0 radical (unpaired) electrons. The molecule has 0 saturated carbocycles. The molecular formula is C18H29BrN4O2Si. The third kappa shape index (κ3) is 5.62. The molecule has 2 heterocycles. The molecule has 0 bridgehead atoms. The maximum absolute atomic E-state index is 12.7. The van der Waals surface area contributed by atoms with Gasteiger partial charge in [0.25, 0.3) is 5.91 Å². The van der Waals surface area contributed by atoms with Crippen molar-refractivity contribution in [1.29, 1.82) is 0 Å². The highest BCUT2D eigenvalue weighted by Crippen LogP contribution is 2.23. The van der Waals surface area contributed by atoms with E-state index in [4.69, 9.17) is 4.74 Å². The van der Waals surface area contributed by atoms with Gasteiger partial charge in [0.05, 0.1) is 11.3 Å². The van der Waals surface area contributed by atoms with Crippen molar-refractivity contribution < 1.29 is 9.53 Å². The van der Waals surface area contributed by atoms with Crippen LogP contribution in [0.25, 0.3) is 11.2 Å². The molecule has 2 aromatic rings. The van der Waals surface area contributed by atoms with Gasteiger partial charge in [-0.15, -0.1) is 0 Å². The Morgan fingerprint density at radius 1 is 1.31 bits per heavy atom. The van der Waals surface area contributed by atoms with E-state index in [1.54, 1.807) is 6.20 Å². The van der Waals surface area contributed by atoms with Crippen LogP contribution in [-0.2, 0) is 11.5 Å². The summed E-state index contributed by atoms with van der Waals surface area (Å²) in [4.78, 5) is 21.8. The molecule has 2 aromatic heterocycles. The minimum Gasteiger partial charge on any atom is -0.361 e. The zero-order valence-corrected chi connectivity index (χ0v) is 19.3. The lowest BCUT2D eigenvalue weighted by atomic mass is 10.1. The quantitative estimate of drug-likeness (QED) is 0.535. The molecule has 0 fully saturated rings. The van der Waals surface area contributed by atoms with Gasteiger partial charge in [0, 0.05) is 26.4 Å². The third-order valence-corrected chi connectivity index (χ3v) is 6.22. The summed E-state index contributed by atoms with van der Waals surface area (Å²) in [5, 5.41) is 2.99.